The van der Waals surface area contributed by atoms with Crippen LogP contribution in [0.15, 0.2) is 24.3 Å². The van der Waals surface area contributed by atoms with Gasteiger partial charge in [-0.3, -0.25) is 14.6 Å². The Balaban J connectivity index is 1.62. The second kappa shape index (κ2) is 7.96. The first-order chi connectivity index (χ1) is 11.7. The number of carbonyl (C=O) groups is 1. The highest BCUT2D eigenvalue weighted by Gasteiger charge is 2.29. The lowest BCUT2D eigenvalue weighted by Gasteiger charge is -2.40. The zero-order chi connectivity index (χ0) is 16.9. The summed E-state index contributed by atoms with van der Waals surface area (Å²) in [5, 5.41) is 0. The molecule has 0 spiro atoms. The molecule has 1 aromatic carbocycles. The number of hydrogen-bond donors (Lipinski definition) is 0. The summed E-state index contributed by atoms with van der Waals surface area (Å²) in [5.74, 6) is 1.08. The van der Waals surface area contributed by atoms with Crippen molar-refractivity contribution in [2.75, 3.05) is 66.6 Å². The molecule has 2 aliphatic rings. The van der Waals surface area contributed by atoms with Gasteiger partial charge in [0.1, 0.15) is 5.75 Å². The summed E-state index contributed by atoms with van der Waals surface area (Å²) < 4.78 is 10.6. The molecule has 2 heterocycles. The average molecular weight is 333 g/mol. The van der Waals surface area contributed by atoms with Crippen molar-refractivity contribution in [3.8, 4) is 5.75 Å². The maximum absolute atomic E-state index is 12.7. The number of ether oxygens (including phenoxy) is 2. The maximum atomic E-state index is 12.7. The molecule has 6 heteroatoms. The van der Waals surface area contributed by atoms with Gasteiger partial charge in [-0.05, 0) is 24.7 Å². The van der Waals surface area contributed by atoms with Crippen LogP contribution in [0.1, 0.15) is 11.6 Å². The average Bonchev–Trinajstić information content (AvgIpc) is 2.63. The SMILES string of the molecule is COc1ccc([C@H]2CN(C(=O)CN3CCOCC3)CCN2C)cc1. The van der Waals surface area contributed by atoms with E-state index >= 15 is 0 Å². The molecule has 1 amide bonds. The molecular weight excluding hydrogens is 306 g/mol. The van der Waals surface area contributed by atoms with Gasteiger partial charge in [-0.2, -0.15) is 0 Å². The van der Waals surface area contributed by atoms with Crippen LogP contribution in [0.2, 0.25) is 0 Å². The lowest BCUT2D eigenvalue weighted by Crippen LogP contribution is -2.52. The highest BCUT2D eigenvalue weighted by molar-refractivity contribution is 5.78. The largest absolute Gasteiger partial charge is 0.497 e. The van der Waals surface area contributed by atoms with Gasteiger partial charge in [0.2, 0.25) is 5.91 Å². The summed E-state index contributed by atoms with van der Waals surface area (Å²) in [5.41, 5.74) is 1.22. The molecule has 2 aliphatic heterocycles. The van der Waals surface area contributed by atoms with Gasteiger partial charge in [0.15, 0.2) is 0 Å². The maximum Gasteiger partial charge on any atom is 0.236 e. The standard InChI is InChI=1S/C18H27N3O3/c1-19-7-8-21(18(22)14-20-9-11-24-12-10-20)13-17(19)15-3-5-16(23-2)6-4-15/h3-6,17H,7-14H2,1-2H3/t17-/m1/s1. The second-order valence-corrected chi connectivity index (χ2v) is 6.50. The van der Waals surface area contributed by atoms with Gasteiger partial charge in [-0.25, -0.2) is 0 Å². The first-order valence-corrected chi connectivity index (χ1v) is 8.59. The van der Waals surface area contributed by atoms with Gasteiger partial charge in [0.05, 0.1) is 32.9 Å². The number of methoxy groups -OCH3 is 1. The molecule has 0 radical (unpaired) electrons. The smallest absolute Gasteiger partial charge is 0.236 e. The van der Waals surface area contributed by atoms with Crippen molar-refractivity contribution in [2.24, 2.45) is 0 Å². The van der Waals surface area contributed by atoms with Gasteiger partial charge in [-0.1, -0.05) is 12.1 Å². The van der Waals surface area contributed by atoms with Crippen molar-refractivity contribution >= 4 is 5.91 Å². The fourth-order valence-corrected chi connectivity index (χ4v) is 3.34. The number of morpholine rings is 1. The van der Waals surface area contributed by atoms with E-state index in [1.165, 1.54) is 5.56 Å². The van der Waals surface area contributed by atoms with Crippen LogP contribution < -0.4 is 4.74 Å². The number of nitrogens with zero attached hydrogens (tertiary/aromatic N) is 3. The Bertz CT molecular complexity index is 543. The third-order valence-electron chi connectivity index (χ3n) is 4.96. The van der Waals surface area contributed by atoms with Crippen molar-refractivity contribution in [3.63, 3.8) is 0 Å². The van der Waals surface area contributed by atoms with Crippen molar-refractivity contribution in [1.82, 2.24) is 14.7 Å². The Morgan fingerprint density at radius 2 is 1.88 bits per heavy atom. The van der Waals surface area contributed by atoms with E-state index in [1.54, 1.807) is 7.11 Å². The number of piperazine rings is 1. The molecule has 0 N–H and O–H groups in total. The summed E-state index contributed by atoms with van der Waals surface area (Å²) in [7, 11) is 3.80. The quantitative estimate of drug-likeness (QED) is 0.817. The van der Waals surface area contributed by atoms with Crippen molar-refractivity contribution in [1.29, 1.82) is 0 Å². The molecule has 3 rings (SSSR count). The Kier molecular flexibility index (Phi) is 5.71. The molecule has 0 bridgehead atoms. The molecule has 1 atom stereocenters. The summed E-state index contributed by atoms with van der Waals surface area (Å²) in [4.78, 5) is 19.2. The summed E-state index contributed by atoms with van der Waals surface area (Å²) >= 11 is 0. The summed E-state index contributed by atoms with van der Waals surface area (Å²) in [6, 6.07) is 8.39. The molecule has 1 aromatic rings. The van der Waals surface area contributed by atoms with Crippen LogP contribution in [0, 0.1) is 0 Å². The predicted octanol–water partition coefficient (Wildman–Crippen LogP) is 0.843. The molecule has 0 saturated carbocycles. The number of rotatable bonds is 4. The molecule has 0 aromatic heterocycles. The third kappa shape index (κ3) is 4.06. The Labute approximate surface area is 143 Å². The first-order valence-electron chi connectivity index (χ1n) is 8.59. The lowest BCUT2D eigenvalue weighted by molar-refractivity contribution is -0.136. The van der Waals surface area contributed by atoms with E-state index in [0.717, 1.165) is 51.7 Å². The Morgan fingerprint density at radius 3 is 2.54 bits per heavy atom. The molecule has 6 nitrogen and oxygen atoms in total. The van der Waals surface area contributed by atoms with Crippen LogP contribution in [0.25, 0.3) is 0 Å². The van der Waals surface area contributed by atoms with Crippen molar-refractivity contribution in [2.45, 2.75) is 6.04 Å². The molecule has 0 aliphatic carbocycles. The second-order valence-electron chi connectivity index (χ2n) is 6.50. The zero-order valence-corrected chi connectivity index (χ0v) is 14.6. The predicted molar refractivity (Wildman–Crippen MR) is 92.2 cm³/mol. The van der Waals surface area contributed by atoms with Crippen molar-refractivity contribution in [3.05, 3.63) is 29.8 Å². The number of hydrogen-bond acceptors (Lipinski definition) is 5. The van der Waals surface area contributed by atoms with E-state index in [4.69, 9.17) is 9.47 Å². The minimum atomic E-state index is 0.225. The molecule has 0 unspecified atom stereocenters. The monoisotopic (exact) mass is 333 g/mol. The topological polar surface area (TPSA) is 45.3 Å². The van der Waals surface area contributed by atoms with Gasteiger partial charge in [0, 0.05) is 32.7 Å². The van der Waals surface area contributed by atoms with Crippen LogP contribution in [0.4, 0.5) is 0 Å². The molecule has 2 fully saturated rings. The third-order valence-corrected chi connectivity index (χ3v) is 4.96. The minimum Gasteiger partial charge on any atom is -0.497 e. The Hall–Kier alpha value is -1.63. The highest BCUT2D eigenvalue weighted by atomic mass is 16.5. The van der Waals surface area contributed by atoms with E-state index in [-0.39, 0.29) is 11.9 Å². The molecule has 132 valence electrons. The van der Waals surface area contributed by atoms with Crippen LogP contribution >= 0.6 is 0 Å². The number of carbonyl (C=O) groups excluding carboxylic acids is 1. The lowest BCUT2D eigenvalue weighted by atomic mass is 10.0. The van der Waals surface area contributed by atoms with Gasteiger partial charge in [-0.15, -0.1) is 0 Å². The molecule has 24 heavy (non-hydrogen) atoms. The van der Waals surface area contributed by atoms with E-state index < -0.39 is 0 Å². The molecular formula is C18H27N3O3. The van der Waals surface area contributed by atoms with Crippen LogP contribution in [0.3, 0.4) is 0 Å². The van der Waals surface area contributed by atoms with Gasteiger partial charge >= 0.3 is 0 Å². The van der Waals surface area contributed by atoms with E-state index in [2.05, 4.69) is 29.0 Å². The Morgan fingerprint density at radius 1 is 1.17 bits per heavy atom. The number of likely N-dealkylation sites (N-methyl/N-ethyl adjacent to an activating group) is 1. The fourth-order valence-electron chi connectivity index (χ4n) is 3.34. The van der Waals surface area contributed by atoms with Crippen molar-refractivity contribution < 1.29 is 14.3 Å². The highest BCUT2D eigenvalue weighted by Crippen LogP contribution is 2.25. The minimum absolute atomic E-state index is 0.225. The van der Waals surface area contributed by atoms with Gasteiger partial charge < -0.3 is 14.4 Å². The molecule has 2 saturated heterocycles. The fraction of sp³-hybridized carbons (Fsp3) is 0.611. The summed E-state index contributed by atoms with van der Waals surface area (Å²) in [6.45, 7) is 6.09. The van der Waals surface area contributed by atoms with Crippen LogP contribution in [-0.2, 0) is 9.53 Å². The summed E-state index contributed by atoms with van der Waals surface area (Å²) in [6.07, 6.45) is 0. The van der Waals surface area contributed by atoms with Gasteiger partial charge in [0.25, 0.3) is 0 Å². The first kappa shape index (κ1) is 17.2. The number of amides is 1. The van der Waals surface area contributed by atoms with Crippen LogP contribution in [-0.4, -0.2) is 87.2 Å². The van der Waals surface area contributed by atoms with E-state index in [9.17, 15) is 4.79 Å². The zero-order valence-electron chi connectivity index (χ0n) is 14.6. The number of benzene rings is 1. The normalized spacial score (nSPS) is 23.2. The van der Waals surface area contributed by atoms with E-state index in [1.807, 2.05) is 17.0 Å². The van der Waals surface area contributed by atoms with Crippen LogP contribution in [0.5, 0.6) is 5.75 Å². The van der Waals surface area contributed by atoms with E-state index in [0.29, 0.717) is 6.54 Å².